The van der Waals surface area contributed by atoms with E-state index in [4.69, 9.17) is 4.42 Å². The van der Waals surface area contributed by atoms with Gasteiger partial charge in [-0.25, -0.2) is 0 Å². The smallest absolute Gasteiger partial charge is 0.268 e. The topological polar surface area (TPSA) is 77.2 Å². The van der Waals surface area contributed by atoms with Crippen molar-refractivity contribution in [2.75, 3.05) is 0 Å². The summed E-state index contributed by atoms with van der Waals surface area (Å²) in [6.07, 6.45) is 1.72. The van der Waals surface area contributed by atoms with Crippen molar-refractivity contribution in [2.45, 2.75) is 20.3 Å². The van der Waals surface area contributed by atoms with E-state index in [9.17, 15) is 14.4 Å². The monoisotopic (exact) mass is 515 g/mol. The summed E-state index contributed by atoms with van der Waals surface area (Å²) in [5, 5.41) is 0.771. The molecular formula is C19H16IrNO4-. The van der Waals surface area contributed by atoms with Gasteiger partial charge in [0.25, 0.3) is 5.63 Å². The van der Waals surface area contributed by atoms with Crippen LogP contribution < -0.4 is 5.63 Å². The van der Waals surface area contributed by atoms with Gasteiger partial charge in [0.15, 0.2) is 0 Å². The zero-order valence-corrected chi connectivity index (χ0v) is 16.1. The minimum absolute atomic E-state index is 0. The molecule has 5 nitrogen and oxygen atoms in total. The molecular weight excluding hydrogens is 498 g/mol. The number of carbonyl (C=O) groups is 2. The molecule has 3 rings (SSSR count). The van der Waals surface area contributed by atoms with E-state index in [2.05, 4.69) is 11.1 Å². The minimum atomic E-state index is -0.414. The van der Waals surface area contributed by atoms with E-state index in [0.29, 0.717) is 16.8 Å². The standard InChI is InChI=1S/C14H8NO2.C5H8O2.Ir/c16-14-11(12-6-3-4-8-15-12)9-10-5-1-2-7-13(10)17-14;1-4(6)3-5(2)7;/h1-8H;3H2,1-2H3;/q-1;;. The van der Waals surface area contributed by atoms with Crippen LogP contribution in [0.4, 0.5) is 0 Å². The van der Waals surface area contributed by atoms with Crippen LogP contribution in [0.25, 0.3) is 22.2 Å². The molecule has 25 heavy (non-hydrogen) atoms. The summed E-state index contributed by atoms with van der Waals surface area (Å²) in [6.45, 7) is 2.81. The molecule has 3 aromatic rings. The van der Waals surface area contributed by atoms with Crippen LogP contribution in [0.5, 0.6) is 0 Å². The van der Waals surface area contributed by atoms with Gasteiger partial charge >= 0.3 is 0 Å². The molecule has 0 atom stereocenters. The van der Waals surface area contributed by atoms with Crippen molar-refractivity contribution in [1.82, 2.24) is 4.98 Å². The van der Waals surface area contributed by atoms with Crippen molar-refractivity contribution in [3.8, 4) is 11.3 Å². The number of carbonyl (C=O) groups excluding carboxylic acids is 2. The fourth-order valence-corrected chi connectivity index (χ4v) is 2.03. The SMILES string of the molecule is CC(=O)CC(C)=O.O=c1oc2ccccc2[c-]c1-c1ccccn1.[Ir]. The van der Waals surface area contributed by atoms with Gasteiger partial charge in [0.2, 0.25) is 0 Å². The number of Topliss-reactive ketones (excluding diaryl/α,β-unsaturated/α-hetero) is 2. The van der Waals surface area contributed by atoms with Gasteiger partial charge in [-0.2, -0.15) is 0 Å². The van der Waals surface area contributed by atoms with Gasteiger partial charge in [0.05, 0.1) is 12.0 Å². The molecule has 0 N–H and O–H groups in total. The van der Waals surface area contributed by atoms with E-state index >= 15 is 0 Å². The van der Waals surface area contributed by atoms with Gasteiger partial charge in [-0.1, -0.05) is 35.7 Å². The van der Waals surface area contributed by atoms with Crippen LogP contribution in [0.15, 0.2) is 57.9 Å². The summed E-state index contributed by atoms with van der Waals surface area (Å²) < 4.78 is 5.22. The maximum Gasteiger partial charge on any atom is 0.268 e. The fraction of sp³-hybridized carbons (Fsp3) is 0.158. The summed E-state index contributed by atoms with van der Waals surface area (Å²) >= 11 is 0. The van der Waals surface area contributed by atoms with Gasteiger partial charge < -0.3 is 4.42 Å². The Morgan fingerprint density at radius 1 is 1.04 bits per heavy atom. The normalized spacial score (nSPS) is 9.52. The van der Waals surface area contributed by atoms with Crippen molar-refractivity contribution in [1.29, 1.82) is 0 Å². The van der Waals surface area contributed by atoms with E-state index < -0.39 is 5.63 Å². The number of benzene rings is 1. The number of hydrogen-bond acceptors (Lipinski definition) is 5. The van der Waals surface area contributed by atoms with E-state index in [1.165, 1.54) is 13.8 Å². The van der Waals surface area contributed by atoms with Crippen molar-refractivity contribution < 1.29 is 34.1 Å². The molecule has 0 aliphatic rings. The maximum atomic E-state index is 11.8. The fourth-order valence-electron chi connectivity index (χ4n) is 2.03. The molecule has 0 saturated heterocycles. The molecule has 0 saturated carbocycles. The third-order valence-corrected chi connectivity index (χ3v) is 2.97. The average molecular weight is 515 g/mol. The van der Waals surface area contributed by atoms with Gasteiger partial charge in [-0.3, -0.25) is 19.4 Å². The average Bonchev–Trinajstić information content (AvgIpc) is 2.54. The first-order valence-corrected chi connectivity index (χ1v) is 7.33. The molecule has 2 heterocycles. The number of aromatic nitrogens is 1. The number of para-hydroxylation sites is 1. The number of pyridine rings is 1. The summed E-state index contributed by atoms with van der Waals surface area (Å²) in [4.78, 5) is 36.0. The van der Waals surface area contributed by atoms with Crippen LogP contribution in [0.3, 0.4) is 0 Å². The van der Waals surface area contributed by atoms with Crippen LogP contribution in [-0.2, 0) is 29.7 Å². The third-order valence-electron chi connectivity index (χ3n) is 2.97. The Hall–Kier alpha value is -2.43. The van der Waals surface area contributed by atoms with Gasteiger partial charge in [-0.05, 0) is 25.5 Å². The van der Waals surface area contributed by atoms with Crippen molar-refractivity contribution in [2.24, 2.45) is 0 Å². The van der Waals surface area contributed by atoms with Crippen LogP contribution in [-0.4, -0.2) is 16.6 Å². The summed E-state index contributed by atoms with van der Waals surface area (Å²) in [7, 11) is 0. The summed E-state index contributed by atoms with van der Waals surface area (Å²) in [5.41, 5.74) is 1.07. The quantitative estimate of drug-likeness (QED) is 0.305. The predicted octanol–water partition coefficient (Wildman–Crippen LogP) is 3.21. The number of nitrogens with zero attached hydrogens (tertiary/aromatic N) is 1. The van der Waals surface area contributed by atoms with Gasteiger partial charge in [0, 0.05) is 32.0 Å². The first-order valence-electron chi connectivity index (χ1n) is 7.33. The molecule has 0 amide bonds. The van der Waals surface area contributed by atoms with Crippen molar-refractivity contribution in [3.63, 3.8) is 0 Å². The largest absolute Gasteiger partial charge is 0.496 e. The molecule has 0 aliphatic heterocycles. The molecule has 1 aromatic carbocycles. The Morgan fingerprint density at radius 2 is 1.68 bits per heavy atom. The van der Waals surface area contributed by atoms with Crippen LogP contribution in [0.2, 0.25) is 0 Å². The Balaban J connectivity index is 0.000000339. The second-order valence-electron chi connectivity index (χ2n) is 5.18. The molecule has 0 spiro atoms. The van der Waals surface area contributed by atoms with E-state index in [1.54, 1.807) is 24.4 Å². The summed E-state index contributed by atoms with van der Waals surface area (Å²) in [6, 6.07) is 15.7. The van der Waals surface area contributed by atoms with Gasteiger partial charge in [-0.15, -0.1) is 12.1 Å². The van der Waals surface area contributed by atoms with Crippen LogP contribution >= 0.6 is 0 Å². The molecule has 0 bridgehead atoms. The predicted molar refractivity (Wildman–Crippen MR) is 90.5 cm³/mol. The molecule has 2 aromatic heterocycles. The first-order chi connectivity index (χ1) is 11.5. The second kappa shape index (κ2) is 9.77. The maximum absolute atomic E-state index is 11.8. The number of hydrogen-bond donors (Lipinski definition) is 0. The van der Waals surface area contributed by atoms with Crippen LogP contribution in [0, 0.1) is 6.07 Å². The number of fused-ring (bicyclic) bond motifs is 1. The van der Waals surface area contributed by atoms with E-state index in [0.717, 1.165) is 5.39 Å². The zero-order valence-electron chi connectivity index (χ0n) is 13.7. The molecule has 0 aliphatic carbocycles. The second-order valence-corrected chi connectivity index (χ2v) is 5.18. The Bertz CT molecular complexity index is 907. The zero-order chi connectivity index (χ0) is 17.5. The molecule has 0 fully saturated rings. The Kier molecular flexibility index (Phi) is 8.05. The number of rotatable bonds is 3. The van der Waals surface area contributed by atoms with E-state index in [-0.39, 0.29) is 38.1 Å². The minimum Gasteiger partial charge on any atom is -0.496 e. The summed E-state index contributed by atoms with van der Waals surface area (Å²) in [5.74, 6) is -0.125. The third kappa shape index (κ3) is 6.18. The van der Waals surface area contributed by atoms with Crippen LogP contribution in [0.1, 0.15) is 20.3 Å². The molecule has 6 heteroatoms. The van der Waals surface area contributed by atoms with Crippen molar-refractivity contribution >= 4 is 22.5 Å². The molecule has 0 unspecified atom stereocenters. The van der Waals surface area contributed by atoms with Crippen molar-refractivity contribution in [3.05, 3.63) is 65.1 Å². The Labute approximate surface area is 158 Å². The Morgan fingerprint density at radius 3 is 2.24 bits per heavy atom. The van der Waals surface area contributed by atoms with Gasteiger partial charge in [0.1, 0.15) is 11.6 Å². The first kappa shape index (κ1) is 20.6. The molecule has 131 valence electrons. The molecule has 1 radical (unpaired) electrons. The number of ketones is 2. The van der Waals surface area contributed by atoms with E-state index in [1.807, 2.05) is 24.3 Å².